The molecule has 21 heavy (non-hydrogen) atoms. The highest BCUT2D eigenvalue weighted by molar-refractivity contribution is 7.85. The first-order valence-electron chi connectivity index (χ1n) is 8.31. The first-order chi connectivity index (χ1) is 10.1. The van der Waals surface area contributed by atoms with Crippen molar-refractivity contribution in [3.05, 3.63) is 24.3 Å². The van der Waals surface area contributed by atoms with Crippen LogP contribution in [0.25, 0.3) is 0 Å². The molecule has 0 radical (unpaired) electrons. The summed E-state index contributed by atoms with van der Waals surface area (Å²) in [4.78, 5) is 0. The minimum atomic E-state index is -3.76. The third-order valence-electron chi connectivity index (χ3n) is 3.35. The molecule has 0 fully saturated rings. The molecule has 0 bridgehead atoms. The highest BCUT2D eigenvalue weighted by Crippen LogP contribution is 2.07. The summed E-state index contributed by atoms with van der Waals surface area (Å²) in [7, 11) is -3.76. The number of hydrogen-bond acceptors (Lipinski definition) is 2. The minimum Gasteiger partial charge on any atom is -0.286 e. The van der Waals surface area contributed by atoms with Crippen molar-refractivity contribution in [1.82, 2.24) is 0 Å². The van der Waals surface area contributed by atoms with E-state index in [2.05, 4.69) is 31.2 Å². The molecule has 0 aliphatic carbocycles. The van der Waals surface area contributed by atoms with Crippen LogP contribution in [0, 0.1) is 0 Å². The fourth-order valence-corrected chi connectivity index (χ4v) is 2.66. The third-order valence-corrected chi connectivity index (χ3v) is 4.16. The molecule has 0 aromatic carbocycles. The van der Waals surface area contributed by atoms with E-state index in [-0.39, 0.29) is 5.75 Å². The van der Waals surface area contributed by atoms with Crippen LogP contribution in [-0.2, 0) is 10.1 Å². The van der Waals surface area contributed by atoms with Gasteiger partial charge in [0.25, 0.3) is 10.1 Å². The summed E-state index contributed by atoms with van der Waals surface area (Å²) >= 11 is 0. The van der Waals surface area contributed by atoms with Gasteiger partial charge in [0.05, 0.1) is 5.75 Å². The fraction of sp³-hybridized carbons (Fsp3) is 0.765. The van der Waals surface area contributed by atoms with Crippen LogP contribution in [0.5, 0.6) is 0 Å². The van der Waals surface area contributed by atoms with E-state index in [4.69, 9.17) is 4.55 Å². The van der Waals surface area contributed by atoms with Gasteiger partial charge in [-0.15, -0.1) is 0 Å². The molecule has 1 N–H and O–H groups in total. The molecule has 0 aromatic rings. The highest BCUT2D eigenvalue weighted by Gasteiger charge is 2.02. The van der Waals surface area contributed by atoms with Crippen LogP contribution < -0.4 is 0 Å². The van der Waals surface area contributed by atoms with Gasteiger partial charge in [0.15, 0.2) is 0 Å². The van der Waals surface area contributed by atoms with Crippen molar-refractivity contribution < 1.29 is 13.0 Å². The summed E-state index contributed by atoms with van der Waals surface area (Å²) in [5, 5.41) is 0. The van der Waals surface area contributed by atoms with Crippen LogP contribution in [0.1, 0.15) is 77.6 Å². The van der Waals surface area contributed by atoms with Gasteiger partial charge < -0.3 is 0 Å². The zero-order valence-electron chi connectivity index (χ0n) is 13.5. The summed E-state index contributed by atoms with van der Waals surface area (Å²) < 4.78 is 29.6. The van der Waals surface area contributed by atoms with E-state index >= 15 is 0 Å². The summed E-state index contributed by atoms with van der Waals surface area (Å²) in [6, 6.07) is 0. The smallest absolute Gasteiger partial charge is 0.264 e. The van der Waals surface area contributed by atoms with Crippen LogP contribution >= 0.6 is 0 Å². The Bertz CT molecular complexity index is 369. The van der Waals surface area contributed by atoms with Crippen molar-refractivity contribution >= 4 is 10.1 Å². The second kappa shape index (κ2) is 14.3. The molecule has 0 saturated carbocycles. The van der Waals surface area contributed by atoms with Gasteiger partial charge in [-0.1, -0.05) is 63.3 Å². The van der Waals surface area contributed by atoms with Crippen LogP contribution in [0.2, 0.25) is 0 Å². The Morgan fingerprint density at radius 1 is 0.762 bits per heavy atom. The second-order valence-electron chi connectivity index (χ2n) is 5.52. The van der Waals surface area contributed by atoms with Gasteiger partial charge in [-0.05, 0) is 38.5 Å². The number of allylic oxidation sites excluding steroid dienone is 4. The summed E-state index contributed by atoms with van der Waals surface area (Å²) in [5.41, 5.74) is 0. The monoisotopic (exact) mass is 316 g/mol. The molecule has 0 spiro atoms. The minimum absolute atomic E-state index is 0.0997. The quantitative estimate of drug-likeness (QED) is 0.269. The first kappa shape index (κ1) is 20.4. The number of hydrogen-bond donors (Lipinski definition) is 1. The van der Waals surface area contributed by atoms with Crippen LogP contribution in [0.4, 0.5) is 0 Å². The average molecular weight is 317 g/mol. The van der Waals surface area contributed by atoms with E-state index in [0.29, 0.717) is 6.42 Å². The molecule has 0 atom stereocenters. The van der Waals surface area contributed by atoms with Gasteiger partial charge in [-0.2, -0.15) is 8.42 Å². The van der Waals surface area contributed by atoms with Gasteiger partial charge in [-0.25, -0.2) is 0 Å². The molecular formula is C17H32O3S. The molecule has 124 valence electrons. The molecule has 0 aromatic heterocycles. The van der Waals surface area contributed by atoms with E-state index in [1.165, 1.54) is 25.7 Å². The topological polar surface area (TPSA) is 54.4 Å². The summed E-state index contributed by atoms with van der Waals surface area (Å²) in [6.45, 7) is 2.22. The lowest BCUT2D eigenvalue weighted by Gasteiger charge is -1.99. The highest BCUT2D eigenvalue weighted by atomic mass is 32.2. The van der Waals surface area contributed by atoms with Crippen molar-refractivity contribution in [1.29, 1.82) is 0 Å². The molecule has 0 aliphatic heterocycles. The number of unbranched alkanes of at least 4 members (excludes halogenated alkanes) is 8. The van der Waals surface area contributed by atoms with Crippen molar-refractivity contribution in [2.24, 2.45) is 0 Å². The normalized spacial score (nSPS) is 12.7. The lowest BCUT2D eigenvalue weighted by atomic mass is 10.1. The van der Waals surface area contributed by atoms with Crippen molar-refractivity contribution in [2.45, 2.75) is 77.6 Å². The van der Waals surface area contributed by atoms with Crippen LogP contribution in [-0.4, -0.2) is 18.7 Å². The van der Waals surface area contributed by atoms with E-state index < -0.39 is 10.1 Å². The standard InChI is InChI=1S/C17H32O3S/c1-2-3-4-5-6-7-8-9-10-11-12-13-14-15-16-17-21(18,19)20/h6-7,9-10H,2-5,8,11-17H2,1H3,(H,18,19,20)/b7-6-,10-9-. The molecule has 4 heteroatoms. The van der Waals surface area contributed by atoms with E-state index in [1.54, 1.807) is 0 Å². The van der Waals surface area contributed by atoms with Crippen molar-refractivity contribution in [3.8, 4) is 0 Å². The molecule has 0 unspecified atom stereocenters. The lowest BCUT2D eigenvalue weighted by molar-refractivity contribution is 0.479. The SMILES string of the molecule is CCCCC/C=C\C/C=C\CCCCCCCS(=O)(=O)O. The molecule has 3 nitrogen and oxygen atoms in total. The van der Waals surface area contributed by atoms with Crippen LogP contribution in [0.15, 0.2) is 24.3 Å². The van der Waals surface area contributed by atoms with Crippen LogP contribution in [0.3, 0.4) is 0 Å². The Kier molecular flexibility index (Phi) is 13.9. The van der Waals surface area contributed by atoms with Gasteiger partial charge in [0.1, 0.15) is 0 Å². The maximum atomic E-state index is 10.5. The molecule has 0 amide bonds. The Morgan fingerprint density at radius 2 is 1.29 bits per heavy atom. The van der Waals surface area contributed by atoms with E-state index in [1.807, 2.05) is 0 Å². The largest absolute Gasteiger partial charge is 0.286 e. The predicted octanol–water partition coefficient (Wildman–Crippen LogP) is 5.30. The molecular weight excluding hydrogens is 284 g/mol. The Hall–Kier alpha value is -0.610. The van der Waals surface area contributed by atoms with Gasteiger partial charge >= 0.3 is 0 Å². The van der Waals surface area contributed by atoms with Crippen molar-refractivity contribution in [3.63, 3.8) is 0 Å². The second-order valence-corrected chi connectivity index (χ2v) is 7.09. The maximum absolute atomic E-state index is 10.5. The van der Waals surface area contributed by atoms with E-state index in [9.17, 15) is 8.42 Å². The third kappa shape index (κ3) is 19.4. The summed E-state index contributed by atoms with van der Waals surface area (Å²) in [5.74, 6) is -0.0997. The summed E-state index contributed by atoms with van der Waals surface area (Å²) in [6.07, 6.45) is 21.0. The van der Waals surface area contributed by atoms with Gasteiger partial charge in [-0.3, -0.25) is 4.55 Å². The lowest BCUT2D eigenvalue weighted by Crippen LogP contribution is -2.03. The van der Waals surface area contributed by atoms with Crippen molar-refractivity contribution in [2.75, 3.05) is 5.75 Å². The Labute approximate surface area is 131 Å². The zero-order chi connectivity index (χ0) is 15.8. The van der Waals surface area contributed by atoms with E-state index in [0.717, 1.165) is 38.5 Å². The van der Waals surface area contributed by atoms with Gasteiger partial charge in [0.2, 0.25) is 0 Å². The fourth-order valence-electron chi connectivity index (χ4n) is 2.10. The molecule has 0 heterocycles. The molecule has 0 rings (SSSR count). The maximum Gasteiger partial charge on any atom is 0.264 e. The average Bonchev–Trinajstić information content (AvgIpc) is 2.42. The molecule has 0 aliphatic rings. The number of rotatable bonds is 14. The first-order valence-corrected chi connectivity index (χ1v) is 9.92. The van der Waals surface area contributed by atoms with Gasteiger partial charge in [0, 0.05) is 0 Å². The predicted molar refractivity (Wildman–Crippen MR) is 91.2 cm³/mol. The Morgan fingerprint density at radius 3 is 1.86 bits per heavy atom. The zero-order valence-corrected chi connectivity index (χ0v) is 14.3. The molecule has 0 saturated heterocycles. The Balaban J connectivity index is 3.25.